The third-order valence-corrected chi connectivity index (χ3v) is 4.99. The van der Waals surface area contributed by atoms with Gasteiger partial charge in [0.05, 0.1) is 24.9 Å². The average Bonchev–Trinajstić information content (AvgIpc) is 2.75. The predicted octanol–water partition coefficient (Wildman–Crippen LogP) is 4.10. The van der Waals surface area contributed by atoms with Crippen LogP contribution in [0.5, 0.6) is 5.75 Å². The van der Waals surface area contributed by atoms with Crippen molar-refractivity contribution in [3.05, 3.63) is 59.7 Å². The van der Waals surface area contributed by atoms with Crippen LogP contribution in [0.3, 0.4) is 0 Å². The number of methoxy groups -OCH3 is 1. The van der Waals surface area contributed by atoms with Gasteiger partial charge in [-0.25, -0.2) is 0 Å². The van der Waals surface area contributed by atoms with Gasteiger partial charge in [-0.3, -0.25) is 14.5 Å². The number of nitrogens with zero attached hydrogens (tertiary/aromatic N) is 1. The van der Waals surface area contributed by atoms with E-state index in [4.69, 9.17) is 4.74 Å². The predicted molar refractivity (Wildman–Crippen MR) is 121 cm³/mol. The second-order valence-corrected chi connectivity index (χ2v) is 7.71. The fourth-order valence-electron chi connectivity index (χ4n) is 3.19. The van der Waals surface area contributed by atoms with Gasteiger partial charge < -0.3 is 15.4 Å². The molecule has 0 radical (unpaired) electrons. The highest BCUT2D eigenvalue weighted by molar-refractivity contribution is 6.04. The normalized spacial score (nSPS) is 12.0. The summed E-state index contributed by atoms with van der Waals surface area (Å²) in [6.45, 7) is 9.69. The van der Waals surface area contributed by atoms with Gasteiger partial charge in [0.15, 0.2) is 0 Å². The number of ether oxygens (including phenoxy) is 1. The van der Waals surface area contributed by atoms with Crippen LogP contribution in [-0.4, -0.2) is 43.5 Å². The molecule has 0 aliphatic heterocycles. The molecule has 0 aromatic heterocycles. The molecule has 2 N–H and O–H groups in total. The molecule has 0 saturated heterocycles. The van der Waals surface area contributed by atoms with Gasteiger partial charge in [0.1, 0.15) is 5.75 Å². The largest absolute Gasteiger partial charge is 0.497 e. The van der Waals surface area contributed by atoms with Crippen molar-refractivity contribution in [2.75, 3.05) is 32.1 Å². The number of hydrogen-bond acceptors (Lipinski definition) is 4. The van der Waals surface area contributed by atoms with Crippen molar-refractivity contribution in [1.29, 1.82) is 0 Å². The van der Waals surface area contributed by atoms with Crippen molar-refractivity contribution < 1.29 is 14.3 Å². The van der Waals surface area contributed by atoms with Crippen LogP contribution in [0.25, 0.3) is 0 Å². The number of likely N-dealkylation sites (N-methyl/N-ethyl adjacent to an activating group) is 1. The lowest BCUT2D eigenvalue weighted by Gasteiger charge is -2.28. The molecule has 0 spiro atoms. The number of carbonyl (C=O) groups is 2. The summed E-state index contributed by atoms with van der Waals surface area (Å²) in [6.07, 6.45) is 0. The summed E-state index contributed by atoms with van der Waals surface area (Å²) < 4.78 is 5.31. The minimum atomic E-state index is -0.184. The van der Waals surface area contributed by atoms with Gasteiger partial charge >= 0.3 is 0 Å². The molecule has 2 amide bonds. The summed E-state index contributed by atoms with van der Waals surface area (Å²) in [4.78, 5) is 27.3. The quantitative estimate of drug-likeness (QED) is 0.617. The van der Waals surface area contributed by atoms with Gasteiger partial charge in [-0.05, 0) is 49.2 Å². The Bertz CT molecular complexity index is 851. The van der Waals surface area contributed by atoms with Gasteiger partial charge in [0.2, 0.25) is 5.91 Å². The first-order valence-electron chi connectivity index (χ1n) is 10.4. The Morgan fingerprint density at radius 3 is 2.47 bits per heavy atom. The van der Waals surface area contributed by atoms with E-state index >= 15 is 0 Å². The van der Waals surface area contributed by atoms with Gasteiger partial charge in [-0.15, -0.1) is 0 Å². The van der Waals surface area contributed by atoms with Crippen LogP contribution in [0.2, 0.25) is 0 Å². The molecule has 0 aliphatic carbocycles. The van der Waals surface area contributed by atoms with Crippen LogP contribution in [0, 0.1) is 5.92 Å². The van der Waals surface area contributed by atoms with Gasteiger partial charge in [0, 0.05) is 12.6 Å². The van der Waals surface area contributed by atoms with E-state index in [-0.39, 0.29) is 24.4 Å². The highest BCUT2D eigenvalue weighted by atomic mass is 16.5. The molecule has 0 bridgehead atoms. The lowest BCUT2D eigenvalue weighted by atomic mass is 10.1. The van der Waals surface area contributed by atoms with Crippen LogP contribution < -0.4 is 15.4 Å². The Balaban J connectivity index is 2.07. The molecule has 0 heterocycles. The zero-order chi connectivity index (χ0) is 22.1. The van der Waals surface area contributed by atoms with Gasteiger partial charge in [-0.1, -0.05) is 45.0 Å². The Hall–Kier alpha value is -2.86. The van der Waals surface area contributed by atoms with E-state index in [0.29, 0.717) is 30.3 Å². The number of para-hydroxylation sites is 1. The zero-order valence-electron chi connectivity index (χ0n) is 18.6. The second-order valence-electron chi connectivity index (χ2n) is 7.71. The number of hydrogen-bond donors (Lipinski definition) is 2. The maximum Gasteiger partial charge on any atom is 0.253 e. The summed E-state index contributed by atoms with van der Waals surface area (Å²) >= 11 is 0. The number of benzene rings is 2. The summed E-state index contributed by atoms with van der Waals surface area (Å²) in [5.41, 5.74) is 2.07. The molecule has 2 rings (SSSR count). The van der Waals surface area contributed by atoms with Gasteiger partial charge in [-0.2, -0.15) is 0 Å². The summed E-state index contributed by atoms with van der Waals surface area (Å²) in [5, 5.41) is 5.81. The number of nitrogens with one attached hydrogen (secondary N) is 2. The van der Waals surface area contributed by atoms with Crippen molar-refractivity contribution in [2.45, 2.75) is 33.7 Å². The molecule has 0 saturated carbocycles. The first kappa shape index (κ1) is 23.4. The average molecular weight is 412 g/mol. The third-order valence-electron chi connectivity index (χ3n) is 4.99. The van der Waals surface area contributed by atoms with Crippen LogP contribution in [0.4, 0.5) is 5.69 Å². The standard InChI is InChI=1S/C24H33N3O3/c1-6-27(18(4)19-10-9-11-20(14-19)30-5)16-23(28)26-22-13-8-7-12-21(22)24(29)25-15-17(2)3/h7-14,17-18H,6,15-16H2,1-5H3,(H,25,29)(H,26,28). The molecule has 0 aliphatic rings. The van der Waals surface area contributed by atoms with Crippen LogP contribution in [0.1, 0.15) is 49.7 Å². The molecule has 2 aromatic rings. The number of anilines is 1. The lowest BCUT2D eigenvalue weighted by molar-refractivity contribution is -0.117. The molecule has 162 valence electrons. The molecule has 6 nitrogen and oxygen atoms in total. The minimum Gasteiger partial charge on any atom is -0.497 e. The first-order valence-corrected chi connectivity index (χ1v) is 10.4. The van der Waals surface area contributed by atoms with E-state index < -0.39 is 0 Å². The molecule has 6 heteroatoms. The summed E-state index contributed by atoms with van der Waals surface area (Å²) in [7, 11) is 1.64. The fraction of sp³-hybridized carbons (Fsp3) is 0.417. The van der Waals surface area contributed by atoms with Crippen molar-refractivity contribution >= 4 is 17.5 Å². The van der Waals surface area contributed by atoms with E-state index in [2.05, 4.69) is 22.5 Å². The first-order chi connectivity index (χ1) is 14.3. The number of rotatable bonds is 10. The summed E-state index contributed by atoms with van der Waals surface area (Å²) in [6, 6.07) is 15.0. The highest BCUT2D eigenvalue weighted by Crippen LogP contribution is 2.24. The van der Waals surface area contributed by atoms with E-state index in [1.54, 1.807) is 25.3 Å². The molecular formula is C24H33N3O3. The highest BCUT2D eigenvalue weighted by Gasteiger charge is 2.19. The van der Waals surface area contributed by atoms with E-state index in [1.807, 2.05) is 51.1 Å². The third kappa shape index (κ3) is 6.59. The van der Waals surface area contributed by atoms with Crippen LogP contribution in [-0.2, 0) is 4.79 Å². The van der Waals surface area contributed by atoms with Crippen molar-refractivity contribution in [3.63, 3.8) is 0 Å². The van der Waals surface area contributed by atoms with E-state index in [9.17, 15) is 9.59 Å². The van der Waals surface area contributed by atoms with E-state index in [0.717, 1.165) is 11.3 Å². The van der Waals surface area contributed by atoms with E-state index in [1.165, 1.54) is 0 Å². The van der Waals surface area contributed by atoms with Gasteiger partial charge in [0.25, 0.3) is 5.91 Å². The molecule has 2 aromatic carbocycles. The smallest absolute Gasteiger partial charge is 0.253 e. The van der Waals surface area contributed by atoms with Crippen molar-refractivity contribution in [3.8, 4) is 5.75 Å². The van der Waals surface area contributed by atoms with Crippen molar-refractivity contribution in [2.24, 2.45) is 5.92 Å². The monoisotopic (exact) mass is 411 g/mol. The SMILES string of the molecule is CCN(CC(=O)Nc1ccccc1C(=O)NCC(C)C)C(C)c1cccc(OC)c1. The molecule has 1 atom stereocenters. The Morgan fingerprint density at radius 2 is 1.80 bits per heavy atom. The topological polar surface area (TPSA) is 70.7 Å². The maximum atomic E-state index is 12.8. The zero-order valence-corrected chi connectivity index (χ0v) is 18.6. The number of amides is 2. The Morgan fingerprint density at radius 1 is 1.07 bits per heavy atom. The molecular weight excluding hydrogens is 378 g/mol. The second kappa shape index (κ2) is 11.4. The maximum absolute atomic E-state index is 12.8. The molecule has 0 fully saturated rings. The summed E-state index contributed by atoms with van der Waals surface area (Å²) in [5.74, 6) is 0.806. The van der Waals surface area contributed by atoms with Crippen molar-refractivity contribution in [1.82, 2.24) is 10.2 Å². The Labute approximate surface area is 179 Å². The van der Waals surface area contributed by atoms with Crippen LogP contribution in [0.15, 0.2) is 48.5 Å². The lowest BCUT2D eigenvalue weighted by Crippen LogP contribution is -2.35. The number of carbonyl (C=O) groups excluding carboxylic acids is 2. The minimum absolute atomic E-state index is 0.0421. The fourth-order valence-corrected chi connectivity index (χ4v) is 3.19. The Kier molecular flexibility index (Phi) is 8.87. The molecule has 30 heavy (non-hydrogen) atoms. The van der Waals surface area contributed by atoms with Crippen LogP contribution >= 0.6 is 0 Å². The molecule has 1 unspecified atom stereocenters.